The number of benzene rings is 1. The first-order chi connectivity index (χ1) is 5.29. The van der Waals surface area contributed by atoms with E-state index in [4.69, 9.17) is 0 Å². The molecular weight excluding hydrogens is 188 g/mol. The highest BCUT2D eigenvalue weighted by Gasteiger charge is 1.99. The topological polar surface area (TPSA) is 0 Å². The lowest BCUT2D eigenvalue weighted by Crippen LogP contribution is -2.08. The third-order valence-corrected chi connectivity index (χ3v) is 5.24. The maximum atomic E-state index is 2.20. The largest absolute Gasteiger partial charge is 0.130 e. The van der Waals surface area contributed by atoms with Gasteiger partial charge in [-0.25, -0.2) is 0 Å². The zero-order valence-electron chi connectivity index (χ0n) is 7.05. The van der Waals surface area contributed by atoms with E-state index in [1.165, 1.54) is 9.79 Å². The van der Waals surface area contributed by atoms with Crippen LogP contribution >= 0.6 is 23.5 Å². The summed E-state index contributed by atoms with van der Waals surface area (Å²) in [6, 6.07) is 6.54. The smallest absolute Gasteiger partial charge is 0.0414 e. The molecule has 3 heteroatoms. The molecule has 0 unspecified atom stereocenters. The van der Waals surface area contributed by atoms with Crippen molar-refractivity contribution in [3.63, 3.8) is 0 Å². The van der Waals surface area contributed by atoms with Crippen LogP contribution in [0.4, 0.5) is 0 Å². The van der Waals surface area contributed by atoms with Gasteiger partial charge in [-0.3, -0.25) is 0 Å². The van der Waals surface area contributed by atoms with E-state index in [1.54, 1.807) is 5.19 Å². The molecule has 1 rings (SSSR count). The molecule has 11 heavy (non-hydrogen) atoms. The molecule has 0 aliphatic heterocycles. The van der Waals surface area contributed by atoms with Crippen molar-refractivity contribution in [2.24, 2.45) is 0 Å². The van der Waals surface area contributed by atoms with Crippen LogP contribution in [0.2, 0.25) is 0 Å². The highest BCUT2D eigenvalue weighted by atomic mass is 32.2. The van der Waals surface area contributed by atoms with Crippen LogP contribution in [0.3, 0.4) is 0 Å². The molecule has 1 aromatic carbocycles. The molecule has 0 fully saturated rings. The number of rotatable bonds is 2. The minimum atomic E-state index is 1.15. The van der Waals surface area contributed by atoms with E-state index in [-0.39, 0.29) is 0 Å². The molecule has 0 aliphatic carbocycles. The second-order valence-corrected chi connectivity index (χ2v) is 4.98. The summed E-state index contributed by atoms with van der Waals surface area (Å²) < 4.78 is 0. The zero-order valence-corrected chi connectivity index (χ0v) is 10.7. The van der Waals surface area contributed by atoms with E-state index >= 15 is 0 Å². The van der Waals surface area contributed by atoms with Gasteiger partial charge in [0.15, 0.2) is 0 Å². The number of hydrogen-bond donors (Lipinski definition) is 0. The van der Waals surface area contributed by atoms with Crippen LogP contribution in [0.15, 0.2) is 28.0 Å². The van der Waals surface area contributed by atoms with Gasteiger partial charge in [0.2, 0.25) is 0 Å². The van der Waals surface area contributed by atoms with Gasteiger partial charge in [-0.05, 0) is 29.8 Å². The van der Waals surface area contributed by atoms with Gasteiger partial charge in [0, 0.05) is 20.0 Å². The Kier molecular flexibility index (Phi) is 3.55. The highest BCUT2D eigenvalue weighted by molar-refractivity contribution is 7.99. The fraction of sp³-hybridized carbons (Fsp3) is 0.250. The molecule has 0 N–H and O–H groups in total. The van der Waals surface area contributed by atoms with Crippen molar-refractivity contribution in [2.75, 3.05) is 12.5 Å². The average molecular weight is 200 g/mol. The molecular formula is C8H12S2Si. The van der Waals surface area contributed by atoms with Crippen molar-refractivity contribution < 1.29 is 0 Å². The van der Waals surface area contributed by atoms with Crippen molar-refractivity contribution in [3.05, 3.63) is 18.2 Å². The lowest BCUT2D eigenvalue weighted by molar-refractivity contribution is 1.41. The van der Waals surface area contributed by atoms with Crippen LogP contribution in [0.5, 0.6) is 0 Å². The van der Waals surface area contributed by atoms with Crippen molar-refractivity contribution in [3.8, 4) is 0 Å². The van der Waals surface area contributed by atoms with Gasteiger partial charge in [-0.1, -0.05) is 6.07 Å². The monoisotopic (exact) mass is 200 g/mol. The molecule has 0 nitrogen and oxygen atoms in total. The van der Waals surface area contributed by atoms with Crippen molar-refractivity contribution in [1.82, 2.24) is 0 Å². The van der Waals surface area contributed by atoms with Crippen molar-refractivity contribution in [2.45, 2.75) is 9.79 Å². The molecule has 0 heterocycles. The molecule has 0 atom stereocenters. The van der Waals surface area contributed by atoms with Crippen molar-refractivity contribution in [1.29, 1.82) is 0 Å². The minimum absolute atomic E-state index is 1.15. The van der Waals surface area contributed by atoms with Crippen LogP contribution in [0.25, 0.3) is 0 Å². The molecule has 0 saturated heterocycles. The third kappa shape index (κ3) is 2.04. The molecule has 0 radical (unpaired) electrons. The van der Waals surface area contributed by atoms with E-state index in [0.29, 0.717) is 0 Å². The molecule has 0 spiro atoms. The number of thioether (sulfide) groups is 2. The van der Waals surface area contributed by atoms with Gasteiger partial charge in [-0.15, -0.1) is 23.5 Å². The van der Waals surface area contributed by atoms with Gasteiger partial charge in [0.1, 0.15) is 0 Å². The fourth-order valence-electron chi connectivity index (χ4n) is 1.04. The normalized spacial score (nSPS) is 10.4. The predicted molar refractivity (Wildman–Crippen MR) is 59.6 cm³/mol. The Morgan fingerprint density at radius 3 is 1.91 bits per heavy atom. The molecule has 0 saturated carbocycles. The summed E-state index contributed by atoms with van der Waals surface area (Å²) in [5.74, 6) is 0. The summed E-state index contributed by atoms with van der Waals surface area (Å²) in [5, 5.41) is 1.55. The van der Waals surface area contributed by atoms with Crippen LogP contribution in [0.1, 0.15) is 0 Å². The van der Waals surface area contributed by atoms with E-state index in [9.17, 15) is 0 Å². The zero-order chi connectivity index (χ0) is 8.27. The summed E-state index contributed by atoms with van der Waals surface area (Å²) in [5.41, 5.74) is 0. The van der Waals surface area contributed by atoms with Crippen LogP contribution in [0, 0.1) is 0 Å². The SMILES string of the molecule is CSc1cccc(SC)c1[SiH3]. The summed E-state index contributed by atoms with van der Waals surface area (Å²) in [6.45, 7) is 0. The first kappa shape index (κ1) is 9.23. The highest BCUT2D eigenvalue weighted by Crippen LogP contribution is 2.18. The second kappa shape index (κ2) is 4.23. The summed E-state index contributed by atoms with van der Waals surface area (Å²) >= 11 is 3.69. The van der Waals surface area contributed by atoms with Gasteiger partial charge in [0.05, 0.1) is 0 Å². The summed E-state index contributed by atoms with van der Waals surface area (Å²) in [4.78, 5) is 2.90. The van der Waals surface area contributed by atoms with Crippen LogP contribution in [-0.2, 0) is 0 Å². The molecule has 0 aromatic heterocycles. The Morgan fingerprint density at radius 1 is 1.09 bits per heavy atom. The fourth-order valence-corrected chi connectivity index (χ4v) is 3.92. The molecule has 0 aliphatic rings. The van der Waals surface area contributed by atoms with Gasteiger partial charge in [-0.2, -0.15) is 0 Å². The van der Waals surface area contributed by atoms with E-state index in [2.05, 4.69) is 30.7 Å². The Balaban J connectivity index is 3.10. The first-order valence-electron chi connectivity index (χ1n) is 3.47. The Hall–Kier alpha value is 0.137. The maximum Gasteiger partial charge on any atom is 0.0414 e. The van der Waals surface area contributed by atoms with Crippen molar-refractivity contribution >= 4 is 39.0 Å². The molecule has 60 valence electrons. The van der Waals surface area contributed by atoms with Gasteiger partial charge < -0.3 is 0 Å². The minimum Gasteiger partial charge on any atom is -0.130 e. The van der Waals surface area contributed by atoms with E-state index in [0.717, 1.165) is 10.2 Å². The third-order valence-electron chi connectivity index (χ3n) is 1.67. The Bertz CT molecular complexity index is 226. The van der Waals surface area contributed by atoms with Crippen LogP contribution in [-0.4, -0.2) is 22.8 Å². The first-order valence-corrected chi connectivity index (χ1v) is 6.92. The maximum absolute atomic E-state index is 2.20. The Morgan fingerprint density at radius 2 is 1.55 bits per heavy atom. The summed E-state index contributed by atoms with van der Waals surface area (Å²) in [6.07, 6.45) is 4.28. The standard InChI is InChI=1S/C8H12S2Si/c1-9-6-4-3-5-7(10-2)8(6)11/h3-5H,1-2,11H3. The lowest BCUT2D eigenvalue weighted by atomic mass is 10.4. The van der Waals surface area contributed by atoms with Crippen LogP contribution < -0.4 is 5.19 Å². The summed E-state index contributed by atoms with van der Waals surface area (Å²) in [7, 11) is 1.15. The predicted octanol–water partition coefficient (Wildman–Crippen LogP) is 1.12. The second-order valence-electron chi connectivity index (χ2n) is 2.29. The van der Waals surface area contributed by atoms with Gasteiger partial charge in [0.25, 0.3) is 0 Å². The average Bonchev–Trinajstić information content (AvgIpc) is 2.05. The van der Waals surface area contributed by atoms with E-state index in [1.807, 2.05) is 23.5 Å². The number of hydrogen-bond acceptors (Lipinski definition) is 2. The molecule has 0 amide bonds. The molecule has 1 aromatic rings. The quantitative estimate of drug-likeness (QED) is 0.518. The van der Waals surface area contributed by atoms with E-state index < -0.39 is 0 Å². The van der Waals surface area contributed by atoms with Gasteiger partial charge >= 0.3 is 0 Å². The Labute approximate surface area is 79.6 Å². The molecule has 0 bridgehead atoms. The lowest BCUT2D eigenvalue weighted by Gasteiger charge is -2.05.